The summed E-state index contributed by atoms with van der Waals surface area (Å²) in [5.74, 6) is -1.36. The lowest BCUT2D eigenvalue weighted by molar-refractivity contribution is -0.178. The highest BCUT2D eigenvalue weighted by molar-refractivity contribution is 5.67. The zero-order valence-corrected chi connectivity index (χ0v) is 12.3. The molecule has 0 bridgehead atoms. The van der Waals surface area contributed by atoms with Crippen LogP contribution in [0.15, 0.2) is 0 Å². The predicted molar refractivity (Wildman–Crippen MR) is 68.7 cm³/mol. The first-order valence-corrected chi connectivity index (χ1v) is 6.94. The maximum atomic E-state index is 11.0. The molecule has 5 atom stereocenters. The van der Waals surface area contributed by atoms with E-state index in [1.807, 2.05) is 20.8 Å². The van der Waals surface area contributed by atoms with Crippen LogP contribution in [-0.2, 0) is 19.0 Å². The molecule has 0 aromatic rings. The van der Waals surface area contributed by atoms with Crippen molar-refractivity contribution >= 4 is 5.97 Å². The van der Waals surface area contributed by atoms with Gasteiger partial charge in [-0.25, -0.2) is 0 Å². The second-order valence-electron chi connectivity index (χ2n) is 6.38. The highest BCUT2D eigenvalue weighted by Crippen LogP contribution is 2.43. The molecular weight excluding hydrogens is 248 g/mol. The fraction of sp³-hybridized carbons (Fsp3) is 0.929. The first kappa shape index (κ1) is 14.8. The molecule has 1 N–H and O–H groups in total. The first-order valence-electron chi connectivity index (χ1n) is 6.94. The molecule has 2 aliphatic rings. The van der Waals surface area contributed by atoms with Crippen molar-refractivity contribution in [2.24, 2.45) is 11.8 Å². The van der Waals surface area contributed by atoms with Gasteiger partial charge in [0, 0.05) is 5.92 Å². The van der Waals surface area contributed by atoms with E-state index in [9.17, 15) is 4.79 Å². The summed E-state index contributed by atoms with van der Waals surface area (Å²) in [6.45, 7) is 9.82. The van der Waals surface area contributed by atoms with Crippen LogP contribution in [0.3, 0.4) is 0 Å². The van der Waals surface area contributed by atoms with Crippen LogP contribution in [0, 0.1) is 11.8 Å². The minimum atomic E-state index is -0.824. The summed E-state index contributed by atoms with van der Waals surface area (Å²) in [6.07, 6.45) is -0.529. The van der Waals surface area contributed by atoms with Crippen LogP contribution in [0.25, 0.3) is 0 Å². The molecule has 0 amide bonds. The Kier molecular flexibility index (Phi) is 3.91. The Morgan fingerprint density at radius 1 is 1.26 bits per heavy atom. The smallest absolute Gasteiger partial charge is 0.303 e. The topological polar surface area (TPSA) is 65.0 Å². The average molecular weight is 272 g/mol. The summed E-state index contributed by atoms with van der Waals surface area (Å²) in [5, 5.41) is 9.06. The summed E-state index contributed by atoms with van der Waals surface area (Å²) in [5.41, 5.74) is 0. The van der Waals surface area contributed by atoms with Crippen LogP contribution in [-0.4, -0.2) is 41.3 Å². The van der Waals surface area contributed by atoms with Gasteiger partial charge in [0.1, 0.15) is 6.10 Å². The average Bonchev–Trinajstić information content (AvgIpc) is 2.56. The Balaban J connectivity index is 2.24. The number of carbonyl (C=O) groups is 1. The maximum absolute atomic E-state index is 11.0. The maximum Gasteiger partial charge on any atom is 0.303 e. The molecular formula is C14H24O5. The summed E-state index contributed by atoms with van der Waals surface area (Å²) < 4.78 is 17.9. The molecule has 0 unspecified atom stereocenters. The third-order valence-corrected chi connectivity index (χ3v) is 3.95. The Hall–Kier alpha value is -0.650. The van der Waals surface area contributed by atoms with E-state index in [1.54, 1.807) is 0 Å². The van der Waals surface area contributed by atoms with Gasteiger partial charge in [0.2, 0.25) is 0 Å². The summed E-state index contributed by atoms with van der Waals surface area (Å²) >= 11 is 0. The highest BCUT2D eigenvalue weighted by atomic mass is 16.8. The van der Waals surface area contributed by atoms with Gasteiger partial charge in [-0.3, -0.25) is 4.79 Å². The Bertz CT molecular complexity index is 352. The van der Waals surface area contributed by atoms with E-state index in [0.29, 0.717) is 5.92 Å². The molecule has 2 aliphatic heterocycles. The predicted octanol–water partition coefficient (Wildman–Crippen LogP) is 2.04. The molecule has 2 rings (SSSR count). The van der Waals surface area contributed by atoms with Gasteiger partial charge >= 0.3 is 5.97 Å². The van der Waals surface area contributed by atoms with Gasteiger partial charge in [-0.15, -0.1) is 0 Å². The van der Waals surface area contributed by atoms with Crippen LogP contribution >= 0.6 is 0 Å². The number of carboxylic acids is 1. The van der Waals surface area contributed by atoms with Gasteiger partial charge in [-0.1, -0.05) is 13.8 Å². The Morgan fingerprint density at radius 3 is 2.37 bits per heavy atom. The number of rotatable bonds is 3. The van der Waals surface area contributed by atoms with Gasteiger partial charge in [0.05, 0.1) is 24.7 Å². The third-order valence-electron chi connectivity index (χ3n) is 3.95. The van der Waals surface area contributed by atoms with Crippen LogP contribution < -0.4 is 0 Å². The number of hydrogen-bond donors (Lipinski definition) is 1. The molecule has 110 valence electrons. The fourth-order valence-corrected chi connectivity index (χ4v) is 3.12. The van der Waals surface area contributed by atoms with Crippen LogP contribution in [0.2, 0.25) is 0 Å². The van der Waals surface area contributed by atoms with E-state index in [1.165, 1.54) is 0 Å². The van der Waals surface area contributed by atoms with Crippen molar-refractivity contribution < 1.29 is 24.1 Å². The number of fused-ring (bicyclic) bond motifs is 1. The van der Waals surface area contributed by atoms with Gasteiger partial charge in [-0.2, -0.15) is 0 Å². The molecule has 0 radical (unpaired) electrons. The molecule has 0 spiro atoms. The van der Waals surface area contributed by atoms with Gasteiger partial charge in [0.15, 0.2) is 5.79 Å². The second kappa shape index (κ2) is 5.04. The lowest BCUT2D eigenvalue weighted by atomic mass is 9.82. The van der Waals surface area contributed by atoms with Crippen LogP contribution in [0.1, 0.15) is 41.0 Å². The van der Waals surface area contributed by atoms with Gasteiger partial charge < -0.3 is 19.3 Å². The molecule has 0 aliphatic carbocycles. The van der Waals surface area contributed by atoms with Gasteiger partial charge in [-0.05, 0) is 26.7 Å². The Labute approximate surface area is 114 Å². The fourth-order valence-electron chi connectivity index (χ4n) is 3.12. The molecule has 2 saturated heterocycles. The van der Waals surface area contributed by atoms with E-state index in [4.69, 9.17) is 19.3 Å². The van der Waals surface area contributed by atoms with Crippen LogP contribution in [0.5, 0.6) is 0 Å². The molecule has 2 heterocycles. The molecule has 5 nitrogen and oxygen atoms in total. The van der Waals surface area contributed by atoms with E-state index < -0.39 is 11.8 Å². The van der Waals surface area contributed by atoms with Crippen LogP contribution in [0.4, 0.5) is 0 Å². The van der Waals surface area contributed by atoms with Crippen molar-refractivity contribution in [2.45, 2.75) is 71.2 Å². The highest BCUT2D eigenvalue weighted by Gasteiger charge is 2.54. The van der Waals surface area contributed by atoms with E-state index in [0.717, 1.165) is 0 Å². The monoisotopic (exact) mass is 272 g/mol. The lowest BCUT2D eigenvalue weighted by Gasteiger charge is -2.42. The van der Waals surface area contributed by atoms with Crippen molar-refractivity contribution in [3.05, 3.63) is 0 Å². The number of hydrogen-bond acceptors (Lipinski definition) is 4. The molecule has 19 heavy (non-hydrogen) atoms. The SMILES string of the molecule is CC(C)[C@@H]1O[C@@H](C)[C@H](CC(=O)O)[C@H]2OC(C)(C)O[C@H]21. The second-order valence-corrected chi connectivity index (χ2v) is 6.38. The first-order chi connectivity index (χ1) is 8.71. The largest absolute Gasteiger partial charge is 0.481 e. The summed E-state index contributed by atoms with van der Waals surface area (Å²) in [4.78, 5) is 11.0. The lowest BCUT2D eigenvalue weighted by Crippen LogP contribution is -2.54. The molecule has 0 saturated carbocycles. The van der Waals surface area contributed by atoms with Crippen molar-refractivity contribution in [1.29, 1.82) is 0 Å². The molecule has 0 aromatic heterocycles. The zero-order valence-electron chi connectivity index (χ0n) is 12.3. The van der Waals surface area contributed by atoms with Crippen molar-refractivity contribution in [3.8, 4) is 0 Å². The zero-order chi connectivity index (χ0) is 14.4. The number of ether oxygens (including phenoxy) is 3. The Morgan fingerprint density at radius 2 is 1.84 bits per heavy atom. The van der Waals surface area contributed by atoms with E-state index in [2.05, 4.69) is 13.8 Å². The van der Waals surface area contributed by atoms with E-state index in [-0.39, 0.29) is 36.8 Å². The number of aliphatic carboxylic acids is 1. The quantitative estimate of drug-likeness (QED) is 0.851. The minimum Gasteiger partial charge on any atom is -0.481 e. The summed E-state index contributed by atoms with van der Waals surface area (Å²) in [6, 6.07) is 0. The number of carboxylic acid groups (broad SMARTS) is 1. The van der Waals surface area contributed by atoms with Crippen molar-refractivity contribution in [2.75, 3.05) is 0 Å². The van der Waals surface area contributed by atoms with Crippen molar-refractivity contribution in [1.82, 2.24) is 0 Å². The van der Waals surface area contributed by atoms with Gasteiger partial charge in [0.25, 0.3) is 0 Å². The molecule has 5 heteroatoms. The third kappa shape index (κ3) is 2.93. The standard InChI is InChI=1S/C14H24O5/c1-7(2)11-13-12(18-14(4,5)19-13)9(6-10(15)16)8(3)17-11/h7-9,11-13H,6H2,1-5H3,(H,15,16)/t8-,9-,11-,12+,13-/m0/s1. The van der Waals surface area contributed by atoms with E-state index >= 15 is 0 Å². The summed E-state index contributed by atoms with van der Waals surface area (Å²) in [7, 11) is 0. The molecule has 2 fully saturated rings. The minimum absolute atomic E-state index is 0.0482. The normalized spacial score (nSPS) is 41.3. The molecule has 0 aromatic carbocycles. The van der Waals surface area contributed by atoms with Crippen molar-refractivity contribution in [3.63, 3.8) is 0 Å².